The number of hydrogen-bond acceptors (Lipinski definition) is 6. The van der Waals surface area contributed by atoms with Crippen molar-refractivity contribution in [3.63, 3.8) is 0 Å². The summed E-state index contributed by atoms with van der Waals surface area (Å²) in [5.41, 5.74) is 5.60. The van der Waals surface area contributed by atoms with Crippen molar-refractivity contribution in [2.24, 2.45) is 0 Å². The summed E-state index contributed by atoms with van der Waals surface area (Å²) in [6.45, 7) is 9.82. The van der Waals surface area contributed by atoms with Gasteiger partial charge in [0.1, 0.15) is 11.5 Å². The first-order valence-electron chi connectivity index (χ1n) is 10.4. The Balaban J connectivity index is 1.48. The van der Waals surface area contributed by atoms with Gasteiger partial charge in [-0.3, -0.25) is 4.40 Å². The highest BCUT2D eigenvalue weighted by Crippen LogP contribution is 2.26. The lowest BCUT2D eigenvalue weighted by Gasteiger charge is -2.29. The topological polar surface area (TPSA) is 67.6 Å². The Hall–Kier alpha value is -3.19. The van der Waals surface area contributed by atoms with Gasteiger partial charge < -0.3 is 15.0 Å². The van der Waals surface area contributed by atoms with Crippen LogP contribution in [0.5, 0.6) is 0 Å². The van der Waals surface area contributed by atoms with Crippen molar-refractivity contribution in [2.75, 3.05) is 36.5 Å². The van der Waals surface area contributed by atoms with Gasteiger partial charge in [-0.25, -0.2) is 9.97 Å². The predicted molar refractivity (Wildman–Crippen MR) is 120 cm³/mol. The van der Waals surface area contributed by atoms with Gasteiger partial charge in [0, 0.05) is 35.9 Å². The fraction of sp³-hybridized carbons (Fsp3) is 0.348. The molecule has 30 heavy (non-hydrogen) atoms. The zero-order valence-corrected chi connectivity index (χ0v) is 17.6. The second kappa shape index (κ2) is 7.57. The van der Waals surface area contributed by atoms with E-state index in [4.69, 9.17) is 9.72 Å². The summed E-state index contributed by atoms with van der Waals surface area (Å²) in [5, 5.41) is 4.29. The molecular formula is C23H26N6O. The van der Waals surface area contributed by atoms with E-state index in [-0.39, 0.29) is 0 Å². The normalized spacial score (nSPS) is 14.7. The number of anilines is 3. The van der Waals surface area contributed by atoms with Crippen LogP contribution < -0.4 is 10.2 Å². The first kappa shape index (κ1) is 18.8. The van der Waals surface area contributed by atoms with Gasteiger partial charge in [0.05, 0.1) is 25.1 Å². The minimum atomic E-state index is 0.404. The Labute approximate surface area is 175 Å². The van der Waals surface area contributed by atoms with E-state index in [2.05, 4.69) is 69.6 Å². The lowest BCUT2D eigenvalue weighted by Crippen LogP contribution is -2.36. The molecule has 7 nitrogen and oxygen atoms in total. The molecule has 1 aliphatic heterocycles. The third-order valence-electron chi connectivity index (χ3n) is 5.65. The first-order chi connectivity index (χ1) is 14.6. The number of nitrogens with zero attached hydrogens (tertiary/aromatic N) is 5. The molecule has 1 fully saturated rings. The van der Waals surface area contributed by atoms with Crippen molar-refractivity contribution in [3.05, 3.63) is 54.0 Å². The fourth-order valence-corrected chi connectivity index (χ4v) is 4.08. The number of aromatic nitrogens is 4. The van der Waals surface area contributed by atoms with E-state index in [0.29, 0.717) is 11.9 Å². The molecule has 0 aliphatic carbocycles. The standard InChI is InChI=1S/C23H26N6O/c1-15(2)19-7-6-18-5-4-17-13-25-23(27-22(17)29(18)19)26-21-12-16(3)20(14-24-21)28-8-10-30-11-9-28/h4-7,12-15H,8-11H2,1-3H3,(H,24,25,26,27). The molecule has 154 valence electrons. The van der Waals surface area contributed by atoms with Crippen molar-refractivity contribution in [2.45, 2.75) is 26.7 Å². The first-order valence-corrected chi connectivity index (χ1v) is 10.4. The van der Waals surface area contributed by atoms with Crippen LogP contribution in [-0.4, -0.2) is 45.7 Å². The molecule has 1 saturated heterocycles. The predicted octanol–water partition coefficient (Wildman–Crippen LogP) is 4.29. The summed E-state index contributed by atoms with van der Waals surface area (Å²) < 4.78 is 7.67. The highest BCUT2D eigenvalue weighted by Gasteiger charge is 2.15. The lowest BCUT2D eigenvalue weighted by molar-refractivity contribution is 0.122. The van der Waals surface area contributed by atoms with Crippen molar-refractivity contribution in [3.8, 4) is 0 Å². The van der Waals surface area contributed by atoms with Crippen LogP contribution in [0.15, 0.2) is 42.7 Å². The maximum absolute atomic E-state index is 5.45. The van der Waals surface area contributed by atoms with Crippen LogP contribution in [0, 0.1) is 6.92 Å². The highest BCUT2D eigenvalue weighted by molar-refractivity contribution is 5.80. The number of morpholine rings is 1. The van der Waals surface area contributed by atoms with Crippen molar-refractivity contribution < 1.29 is 4.74 Å². The molecule has 0 aromatic carbocycles. The minimum absolute atomic E-state index is 0.404. The van der Waals surface area contributed by atoms with Crippen LogP contribution >= 0.6 is 0 Å². The van der Waals surface area contributed by atoms with Gasteiger partial charge in [0.15, 0.2) is 0 Å². The molecule has 0 radical (unpaired) electrons. The van der Waals surface area contributed by atoms with Gasteiger partial charge in [0.25, 0.3) is 0 Å². The molecule has 0 amide bonds. The monoisotopic (exact) mass is 402 g/mol. The molecule has 4 aromatic heterocycles. The van der Waals surface area contributed by atoms with E-state index in [1.807, 2.05) is 18.5 Å². The quantitative estimate of drug-likeness (QED) is 0.549. The van der Waals surface area contributed by atoms with Crippen molar-refractivity contribution in [1.29, 1.82) is 0 Å². The van der Waals surface area contributed by atoms with Crippen LogP contribution in [0.25, 0.3) is 16.6 Å². The molecule has 5 heterocycles. The second-order valence-electron chi connectivity index (χ2n) is 8.06. The summed E-state index contributed by atoms with van der Waals surface area (Å²) >= 11 is 0. The molecule has 0 spiro atoms. The summed E-state index contributed by atoms with van der Waals surface area (Å²) in [6.07, 6.45) is 3.79. The van der Waals surface area contributed by atoms with Crippen LogP contribution in [0.1, 0.15) is 31.0 Å². The third kappa shape index (κ3) is 3.35. The maximum Gasteiger partial charge on any atom is 0.230 e. The van der Waals surface area contributed by atoms with Gasteiger partial charge in [0.2, 0.25) is 5.95 Å². The van der Waals surface area contributed by atoms with E-state index in [1.165, 1.54) is 11.3 Å². The van der Waals surface area contributed by atoms with Crippen molar-refractivity contribution >= 4 is 34.0 Å². The molecule has 0 bridgehead atoms. The number of rotatable bonds is 4. The fourth-order valence-electron chi connectivity index (χ4n) is 4.08. The smallest absolute Gasteiger partial charge is 0.230 e. The molecule has 1 N–H and O–H groups in total. The van der Waals surface area contributed by atoms with E-state index in [9.17, 15) is 0 Å². The Bertz CT molecular complexity index is 1210. The molecule has 0 saturated carbocycles. The SMILES string of the molecule is Cc1cc(Nc2ncc3ccc4ccc(C(C)C)n4c3n2)ncc1N1CCOCC1. The molecular weight excluding hydrogens is 376 g/mol. The molecule has 7 heteroatoms. The zero-order chi connectivity index (χ0) is 20.7. The Morgan fingerprint density at radius 3 is 2.60 bits per heavy atom. The zero-order valence-electron chi connectivity index (χ0n) is 17.6. The van der Waals surface area contributed by atoms with Gasteiger partial charge in [-0.2, -0.15) is 4.98 Å². The molecule has 1 aliphatic rings. The minimum Gasteiger partial charge on any atom is -0.378 e. The summed E-state index contributed by atoms with van der Waals surface area (Å²) in [6, 6.07) is 10.5. The number of pyridine rings is 2. The number of aryl methyl sites for hydroxylation is 1. The van der Waals surface area contributed by atoms with Crippen LogP contribution in [0.3, 0.4) is 0 Å². The maximum atomic E-state index is 5.45. The lowest BCUT2D eigenvalue weighted by atomic mass is 10.1. The van der Waals surface area contributed by atoms with Gasteiger partial charge in [-0.05, 0) is 48.7 Å². The summed E-state index contributed by atoms with van der Waals surface area (Å²) in [4.78, 5) is 16.3. The highest BCUT2D eigenvalue weighted by atomic mass is 16.5. The van der Waals surface area contributed by atoms with Crippen LogP contribution in [0.2, 0.25) is 0 Å². The van der Waals surface area contributed by atoms with E-state index >= 15 is 0 Å². The number of nitrogens with one attached hydrogen (secondary N) is 1. The number of ether oxygens (including phenoxy) is 1. The Kier molecular flexibility index (Phi) is 4.75. The van der Waals surface area contributed by atoms with Gasteiger partial charge >= 0.3 is 0 Å². The van der Waals surface area contributed by atoms with Crippen LogP contribution in [-0.2, 0) is 4.74 Å². The molecule has 5 rings (SSSR count). The molecule has 0 atom stereocenters. The average Bonchev–Trinajstić information content (AvgIpc) is 3.20. The number of hydrogen-bond donors (Lipinski definition) is 1. The summed E-state index contributed by atoms with van der Waals surface area (Å²) in [7, 11) is 0. The summed E-state index contributed by atoms with van der Waals surface area (Å²) in [5.74, 6) is 1.69. The van der Waals surface area contributed by atoms with E-state index < -0.39 is 0 Å². The average molecular weight is 403 g/mol. The Morgan fingerprint density at radius 2 is 1.83 bits per heavy atom. The Morgan fingerprint density at radius 1 is 1.03 bits per heavy atom. The third-order valence-corrected chi connectivity index (χ3v) is 5.65. The second-order valence-corrected chi connectivity index (χ2v) is 8.06. The van der Waals surface area contributed by atoms with Crippen molar-refractivity contribution in [1.82, 2.24) is 19.4 Å². The molecule has 4 aromatic rings. The largest absolute Gasteiger partial charge is 0.378 e. The van der Waals surface area contributed by atoms with Crippen LogP contribution in [0.4, 0.5) is 17.5 Å². The van der Waals surface area contributed by atoms with Gasteiger partial charge in [-0.15, -0.1) is 0 Å². The number of fused-ring (bicyclic) bond motifs is 3. The van der Waals surface area contributed by atoms with E-state index in [0.717, 1.165) is 54.4 Å². The molecule has 0 unspecified atom stereocenters. The van der Waals surface area contributed by atoms with Gasteiger partial charge in [-0.1, -0.05) is 13.8 Å². The van der Waals surface area contributed by atoms with E-state index in [1.54, 1.807) is 0 Å².